The maximum Gasteiger partial charge on any atom is 0.138 e. The first-order chi connectivity index (χ1) is 26.4. The number of phenols is 2. The first kappa shape index (κ1) is 33.3. The molecule has 0 aliphatic heterocycles. The Morgan fingerprint density at radius 3 is 1.19 bits per heavy atom. The van der Waals surface area contributed by atoms with E-state index in [0.29, 0.717) is 23.0 Å². The molecule has 0 spiro atoms. The number of anilines is 2. The third-order valence-corrected chi connectivity index (χ3v) is 8.92. The maximum atomic E-state index is 10.2. The second-order valence-electron chi connectivity index (χ2n) is 12.6. The number of benzene rings is 8. The van der Waals surface area contributed by atoms with Gasteiger partial charge < -0.3 is 31.2 Å². The van der Waals surface area contributed by atoms with E-state index in [1.54, 1.807) is 24.3 Å². The van der Waals surface area contributed by atoms with Crippen molar-refractivity contribution in [2.24, 2.45) is 0 Å². The number of nitrogen functional groups attached to an aromatic ring is 2. The summed E-state index contributed by atoms with van der Waals surface area (Å²) in [5.74, 6) is 15.1. The number of hydrogen-bond acceptors (Lipinski definition) is 6. The number of fused-ring (bicyclic) bond motifs is 2. The normalized spacial score (nSPS) is 10.6. The minimum atomic E-state index is -0.0373. The van der Waals surface area contributed by atoms with Gasteiger partial charge in [-0.3, -0.25) is 0 Å². The van der Waals surface area contributed by atoms with Crippen molar-refractivity contribution in [2.75, 3.05) is 11.5 Å². The Bertz CT molecular complexity index is 2630. The molecule has 0 radical (unpaired) electrons. The first-order valence-electron chi connectivity index (χ1n) is 17.2. The number of phenolic OH excluding ortho intramolecular Hbond substituents is 2. The highest BCUT2D eigenvalue weighted by atomic mass is 16.5. The predicted molar refractivity (Wildman–Crippen MR) is 217 cm³/mol. The summed E-state index contributed by atoms with van der Waals surface area (Å²) < 4.78 is 13.3. The van der Waals surface area contributed by atoms with E-state index in [-0.39, 0.29) is 22.9 Å². The van der Waals surface area contributed by atoms with Crippen LogP contribution in [0.25, 0.3) is 32.7 Å². The summed E-state index contributed by atoms with van der Waals surface area (Å²) in [6, 6.07) is 49.2. The number of ether oxygens (including phenoxy) is 2. The summed E-state index contributed by atoms with van der Waals surface area (Å²) in [4.78, 5) is 0. The number of nitrogens with two attached hydrogens (primary N) is 2. The Hall–Kier alpha value is -7.80. The van der Waals surface area contributed by atoms with Crippen molar-refractivity contribution >= 4 is 32.9 Å². The van der Waals surface area contributed by atoms with Gasteiger partial charge in [0.15, 0.2) is 0 Å². The quantitative estimate of drug-likeness (QED) is 0.0808. The lowest BCUT2D eigenvalue weighted by atomic mass is 9.90. The van der Waals surface area contributed by atoms with E-state index in [1.807, 2.05) is 109 Å². The molecule has 8 aromatic rings. The van der Waals surface area contributed by atoms with Gasteiger partial charge in [0.2, 0.25) is 0 Å². The van der Waals surface area contributed by atoms with Crippen molar-refractivity contribution in [2.45, 2.75) is 0 Å². The molecule has 0 aromatic heterocycles. The van der Waals surface area contributed by atoms with Crippen molar-refractivity contribution < 1.29 is 19.7 Å². The van der Waals surface area contributed by atoms with Crippen molar-refractivity contribution in [3.63, 3.8) is 0 Å². The molecular weight excluding hydrogens is 669 g/mol. The van der Waals surface area contributed by atoms with Gasteiger partial charge >= 0.3 is 0 Å². The molecule has 0 unspecified atom stereocenters. The third kappa shape index (κ3) is 7.05. The highest BCUT2D eigenvalue weighted by Gasteiger charge is 2.21. The molecule has 6 N–H and O–H groups in total. The second kappa shape index (κ2) is 14.4. The van der Waals surface area contributed by atoms with E-state index in [4.69, 9.17) is 20.9 Å². The topological polar surface area (TPSA) is 111 Å². The van der Waals surface area contributed by atoms with Crippen molar-refractivity contribution in [1.29, 1.82) is 0 Å². The van der Waals surface area contributed by atoms with Crippen LogP contribution in [0.5, 0.6) is 34.5 Å². The summed E-state index contributed by atoms with van der Waals surface area (Å²) in [6.45, 7) is 0. The van der Waals surface area contributed by atoms with Crippen LogP contribution in [0.2, 0.25) is 0 Å². The van der Waals surface area contributed by atoms with E-state index >= 15 is 0 Å². The molecule has 6 heteroatoms. The Balaban J connectivity index is 1.41. The van der Waals surface area contributed by atoms with E-state index in [9.17, 15) is 10.2 Å². The highest BCUT2D eigenvalue weighted by molar-refractivity contribution is 6.10. The second-order valence-corrected chi connectivity index (χ2v) is 12.6. The average Bonchev–Trinajstić information content (AvgIpc) is 3.20. The number of aromatic hydroxyl groups is 2. The fraction of sp³-hybridized carbons (Fsp3) is 0. The molecule has 258 valence electrons. The highest BCUT2D eigenvalue weighted by Crippen LogP contribution is 2.48. The van der Waals surface area contributed by atoms with Crippen LogP contribution in [-0.2, 0) is 0 Å². The molecule has 0 saturated heterocycles. The Morgan fingerprint density at radius 2 is 0.778 bits per heavy atom. The van der Waals surface area contributed by atoms with E-state index in [0.717, 1.165) is 54.9 Å². The zero-order valence-electron chi connectivity index (χ0n) is 28.9. The Morgan fingerprint density at radius 1 is 0.389 bits per heavy atom. The smallest absolute Gasteiger partial charge is 0.138 e. The standard InChI is InChI=1S/C48H32N2O4/c49-41-29-37(21-23-43(41)51)53-45-25-19-35-17-15-33(13-11-31-7-3-1-4-8-31)27-39(35)47(45)48-40-28-34(14-12-32-9-5-2-6-10-32)16-18-36(40)20-26-46(48)54-38-22-24-44(52)42(50)30-38/h1-10,15-30,51-52H,49-50H2. The molecule has 8 aromatic carbocycles. The minimum Gasteiger partial charge on any atom is -0.506 e. The Kier molecular flexibility index (Phi) is 8.92. The first-order valence-corrected chi connectivity index (χ1v) is 17.2. The molecule has 0 aliphatic carbocycles. The van der Waals surface area contributed by atoms with Gasteiger partial charge in [0.1, 0.15) is 34.5 Å². The fourth-order valence-corrected chi connectivity index (χ4v) is 6.22. The van der Waals surface area contributed by atoms with E-state index in [2.05, 4.69) is 35.8 Å². The van der Waals surface area contributed by atoms with E-state index in [1.165, 1.54) is 12.1 Å². The molecule has 0 heterocycles. The molecule has 0 fully saturated rings. The van der Waals surface area contributed by atoms with Crippen LogP contribution in [0.15, 0.2) is 158 Å². The van der Waals surface area contributed by atoms with Gasteiger partial charge in [-0.25, -0.2) is 0 Å². The van der Waals surface area contributed by atoms with Gasteiger partial charge in [0.25, 0.3) is 0 Å². The number of rotatable bonds is 5. The Labute approximate surface area is 312 Å². The summed E-state index contributed by atoms with van der Waals surface area (Å²) in [6.07, 6.45) is 0. The van der Waals surface area contributed by atoms with Gasteiger partial charge in [-0.05, 0) is 106 Å². The monoisotopic (exact) mass is 700 g/mol. The van der Waals surface area contributed by atoms with Gasteiger partial charge in [0, 0.05) is 45.5 Å². The molecule has 54 heavy (non-hydrogen) atoms. The summed E-state index contributed by atoms with van der Waals surface area (Å²) in [5, 5.41) is 24.0. The molecule has 0 saturated carbocycles. The summed E-state index contributed by atoms with van der Waals surface area (Å²) >= 11 is 0. The van der Waals surface area contributed by atoms with Crippen LogP contribution >= 0.6 is 0 Å². The molecule has 0 bridgehead atoms. The lowest BCUT2D eigenvalue weighted by Gasteiger charge is -2.20. The van der Waals surface area contributed by atoms with Crippen LogP contribution in [0.1, 0.15) is 22.3 Å². The third-order valence-electron chi connectivity index (χ3n) is 8.92. The van der Waals surface area contributed by atoms with Gasteiger partial charge in [-0.2, -0.15) is 0 Å². The average molecular weight is 701 g/mol. The molecule has 0 amide bonds. The van der Waals surface area contributed by atoms with E-state index < -0.39 is 0 Å². The van der Waals surface area contributed by atoms with Gasteiger partial charge in [-0.15, -0.1) is 0 Å². The van der Waals surface area contributed by atoms with Crippen LogP contribution in [-0.4, -0.2) is 10.2 Å². The van der Waals surface area contributed by atoms with Crippen LogP contribution < -0.4 is 20.9 Å². The minimum absolute atomic E-state index is 0.0373. The molecule has 0 atom stereocenters. The zero-order valence-corrected chi connectivity index (χ0v) is 28.9. The van der Waals surface area contributed by atoms with Crippen LogP contribution in [0.3, 0.4) is 0 Å². The summed E-state index contributed by atoms with van der Waals surface area (Å²) in [5.41, 5.74) is 17.5. The van der Waals surface area contributed by atoms with Crippen molar-refractivity contribution in [3.8, 4) is 69.3 Å². The lowest BCUT2D eigenvalue weighted by molar-refractivity contribution is 0.465. The largest absolute Gasteiger partial charge is 0.506 e. The maximum absolute atomic E-state index is 10.2. The van der Waals surface area contributed by atoms with Crippen LogP contribution in [0.4, 0.5) is 11.4 Å². The molecule has 0 aliphatic rings. The molecule has 6 nitrogen and oxygen atoms in total. The van der Waals surface area contributed by atoms with Gasteiger partial charge in [-0.1, -0.05) is 84.3 Å². The number of hydrogen-bond donors (Lipinski definition) is 4. The SMILES string of the molecule is Nc1cc(Oc2ccc3ccc(C#Cc4ccccc4)cc3c2-c2c(Oc3ccc(O)c(N)c3)ccc3ccc(C#Cc4ccccc4)cc23)ccc1O. The van der Waals surface area contributed by atoms with Crippen molar-refractivity contribution in [3.05, 3.63) is 180 Å². The lowest BCUT2D eigenvalue weighted by Crippen LogP contribution is -1.96. The molecular formula is C48H32N2O4. The zero-order chi connectivity index (χ0) is 37.0. The van der Waals surface area contributed by atoms with Gasteiger partial charge in [0.05, 0.1) is 11.4 Å². The van der Waals surface area contributed by atoms with Crippen LogP contribution in [0, 0.1) is 23.7 Å². The molecule has 8 rings (SSSR count). The van der Waals surface area contributed by atoms with Crippen molar-refractivity contribution in [1.82, 2.24) is 0 Å². The fourth-order valence-electron chi connectivity index (χ4n) is 6.22. The summed E-state index contributed by atoms with van der Waals surface area (Å²) in [7, 11) is 0. The predicted octanol–water partition coefficient (Wildman–Crippen LogP) is 10.6.